The van der Waals surface area contributed by atoms with Gasteiger partial charge in [0.25, 0.3) is 5.91 Å². The lowest BCUT2D eigenvalue weighted by molar-refractivity contribution is -0.129. The van der Waals surface area contributed by atoms with Crippen molar-refractivity contribution < 1.29 is 14.3 Å². The van der Waals surface area contributed by atoms with Crippen LogP contribution in [-0.2, 0) is 11.2 Å². The van der Waals surface area contributed by atoms with Crippen LogP contribution in [0.25, 0.3) is 11.1 Å². The van der Waals surface area contributed by atoms with Crippen molar-refractivity contribution in [2.24, 2.45) is 0 Å². The maximum atomic E-state index is 11.9. The van der Waals surface area contributed by atoms with E-state index in [1.54, 1.807) is 24.3 Å². The van der Waals surface area contributed by atoms with Gasteiger partial charge in [-0.25, -0.2) is 4.98 Å². The Morgan fingerprint density at radius 2 is 1.96 bits per heavy atom. The summed E-state index contributed by atoms with van der Waals surface area (Å²) in [4.78, 5) is 16.3. The van der Waals surface area contributed by atoms with E-state index in [1.165, 1.54) is 0 Å². The third-order valence-corrected chi connectivity index (χ3v) is 3.66. The van der Waals surface area contributed by atoms with Crippen LogP contribution in [0.4, 0.5) is 0 Å². The second-order valence-corrected chi connectivity index (χ2v) is 5.51. The lowest BCUT2D eigenvalue weighted by Crippen LogP contribution is -2.31. The highest BCUT2D eigenvalue weighted by Gasteiger charge is 2.17. The Bertz CT molecular complexity index is 781. The Morgan fingerprint density at radius 3 is 2.70 bits per heavy atom. The zero-order valence-corrected chi connectivity index (χ0v) is 13.0. The molecule has 1 aromatic heterocycles. The maximum Gasteiger partial charge on any atom is 0.253 e. The van der Waals surface area contributed by atoms with E-state index in [-0.39, 0.29) is 0 Å². The highest BCUT2D eigenvalue weighted by molar-refractivity contribution is 6.30. The quantitative estimate of drug-likeness (QED) is 0.754. The first-order valence-electron chi connectivity index (χ1n) is 7.19. The second-order valence-electron chi connectivity index (χ2n) is 5.07. The van der Waals surface area contributed by atoms with E-state index in [9.17, 15) is 9.90 Å². The first-order valence-corrected chi connectivity index (χ1v) is 7.57. The van der Waals surface area contributed by atoms with Crippen LogP contribution in [0.1, 0.15) is 17.6 Å². The van der Waals surface area contributed by atoms with Crippen LogP contribution in [0.3, 0.4) is 0 Å². The van der Waals surface area contributed by atoms with Gasteiger partial charge in [-0.1, -0.05) is 35.9 Å². The Kier molecular flexibility index (Phi) is 4.60. The van der Waals surface area contributed by atoms with Crippen molar-refractivity contribution in [3.63, 3.8) is 0 Å². The molecule has 23 heavy (non-hydrogen) atoms. The molecule has 0 saturated heterocycles. The summed E-state index contributed by atoms with van der Waals surface area (Å²) in [5.41, 5.74) is 2.00. The molecule has 0 aliphatic carbocycles. The molecule has 3 aromatic rings. The third kappa shape index (κ3) is 3.70. The Morgan fingerprint density at radius 1 is 1.22 bits per heavy atom. The fourth-order valence-electron chi connectivity index (χ4n) is 2.21. The molecular formula is C17H15ClN2O3. The van der Waals surface area contributed by atoms with Crippen molar-refractivity contribution in [2.45, 2.75) is 12.5 Å². The number of halogens is 1. The zero-order valence-electron chi connectivity index (χ0n) is 12.2. The Hall–Kier alpha value is -2.37. The number of amides is 1. The number of carbonyl (C=O) groups excluding carboxylic acids is 1. The molecule has 3 rings (SSSR count). The van der Waals surface area contributed by atoms with Gasteiger partial charge in [0.2, 0.25) is 0 Å². The summed E-state index contributed by atoms with van der Waals surface area (Å²) >= 11 is 5.78. The molecule has 2 N–H and O–H groups in total. The molecule has 0 fully saturated rings. The molecule has 0 spiro atoms. The van der Waals surface area contributed by atoms with Crippen LogP contribution in [0.5, 0.6) is 0 Å². The van der Waals surface area contributed by atoms with E-state index in [1.807, 2.05) is 24.3 Å². The predicted molar refractivity (Wildman–Crippen MR) is 87.1 cm³/mol. The summed E-state index contributed by atoms with van der Waals surface area (Å²) in [6, 6.07) is 14.0. The zero-order chi connectivity index (χ0) is 16.2. The molecule has 0 aliphatic heterocycles. The van der Waals surface area contributed by atoms with Crippen LogP contribution >= 0.6 is 11.6 Å². The number of hydrogen-bond donors (Lipinski definition) is 2. The molecule has 0 radical (unpaired) electrons. The topological polar surface area (TPSA) is 75.4 Å². The van der Waals surface area contributed by atoms with Gasteiger partial charge in [0, 0.05) is 18.0 Å². The molecule has 1 amide bonds. The Labute approximate surface area is 137 Å². The number of carbonyl (C=O) groups is 1. The number of fused-ring (bicyclic) bond motifs is 1. The van der Waals surface area contributed by atoms with Crippen LogP contribution in [-0.4, -0.2) is 22.5 Å². The van der Waals surface area contributed by atoms with Gasteiger partial charge in [0.1, 0.15) is 5.52 Å². The molecule has 0 unspecified atom stereocenters. The lowest BCUT2D eigenvalue weighted by atomic mass is 10.1. The highest BCUT2D eigenvalue weighted by Crippen LogP contribution is 2.17. The molecule has 6 heteroatoms. The summed E-state index contributed by atoms with van der Waals surface area (Å²) in [5.74, 6) is 0.0796. The molecule has 0 saturated carbocycles. The standard InChI is InChI=1S/C17H15ClN2O3/c18-12-7-5-11(6-8-12)16(21)17(22)19-10-9-15-20-13-3-1-2-4-14(13)23-15/h1-8,16,21H,9-10H2,(H,19,22)/t16-/m0/s1. The van der Waals surface area contributed by atoms with Crippen molar-refractivity contribution in [1.29, 1.82) is 0 Å². The number of oxazole rings is 1. The molecule has 0 bridgehead atoms. The van der Waals surface area contributed by atoms with E-state index in [0.717, 1.165) is 11.1 Å². The predicted octanol–water partition coefficient (Wildman–Crippen LogP) is 2.87. The maximum absolute atomic E-state index is 11.9. The monoisotopic (exact) mass is 330 g/mol. The highest BCUT2D eigenvalue weighted by atomic mass is 35.5. The van der Waals surface area contributed by atoms with Crippen molar-refractivity contribution >= 4 is 28.6 Å². The first-order chi connectivity index (χ1) is 11.1. The Balaban J connectivity index is 1.55. The average molecular weight is 331 g/mol. The molecule has 0 aliphatic rings. The number of hydrogen-bond acceptors (Lipinski definition) is 4. The van der Waals surface area contributed by atoms with Crippen LogP contribution in [0.15, 0.2) is 52.9 Å². The molecule has 2 aromatic carbocycles. The first kappa shape index (κ1) is 15.5. The van der Waals surface area contributed by atoms with E-state index in [2.05, 4.69) is 10.3 Å². The second kappa shape index (κ2) is 6.81. The summed E-state index contributed by atoms with van der Waals surface area (Å²) in [5, 5.41) is 13.2. The summed E-state index contributed by atoms with van der Waals surface area (Å²) in [7, 11) is 0. The van der Waals surface area contributed by atoms with Crippen molar-refractivity contribution in [1.82, 2.24) is 10.3 Å². The third-order valence-electron chi connectivity index (χ3n) is 3.41. The van der Waals surface area contributed by atoms with E-state index < -0.39 is 12.0 Å². The van der Waals surface area contributed by atoms with E-state index >= 15 is 0 Å². The number of aromatic nitrogens is 1. The van der Waals surface area contributed by atoms with Crippen LogP contribution in [0, 0.1) is 0 Å². The normalized spacial score (nSPS) is 12.3. The number of aliphatic hydroxyl groups excluding tert-OH is 1. The minimum absolute atomic E-state index is 0.330. The fraction of sp³-hybridized carbons (Fsp3) is 0.176. The number of benzene rings is 2. The largest absolute Gasteiger partial charge is 0.441 e. The van der Waals surface area contributed by atoms with Gasteiger partial charge in [-0.05, 0) is 29.8 Å². The van der Waals surface area contributed by atoms with Gasteiger partial charge in [0.05, 0.1) is 0 Å². The minimum atomic E-state index is -1.23. The molecule has 5 nitrogen and oxygen atoms in total. The van der Waals surface area contributed by atoms with E-state index in [0.29, 0.717) is 29.4 Å². The average Bonchev–Trinajstić information content (AvgIpc) is 2.97. The van der Waals surface area contributed by atoms with Gasteiger partial charge >= 0.3 is 0 Å². The smallest absolute Gasteiger partial charge is 0.253 e. The van der Waals surface area contributed by atoms with Gasteiger partial charge < -0.3 is 14.8 Å². The minimum Gasteiger partial charge on any atom is -0.441 e. The summed E-state index contributed by atoms with van der Waals surface area (Å²) < 4.78 is 5.57. The summed E-state index contributed by atoms with van der Waals surface area (Å²) in [6.07, 6.45) is -0.774. The van der Waals surface area contributed by atoms with Crippen LogP contribution in [0.2, 0.25) is 5.02 Å². The van der Waals surface area contributed by atoms with Crippen molar-refractivity contribution in [3.05, 3.63) is 65.0 Å². The SMILES string of the molecule is O=C(NCCc1nc2ccccc2o1)[C@@H](O)c1ccc(Cl)cc1. The fourth-order valence-corrected chi connectivity index (χ4v) is 2.34. The molecule has 1 heterocycles. The van der Waals surface area contributed by atoms with Crippen LogP contribution < -0.4 is 5.32 Å². The van der Waals surface area contributed by atoms with Gasteiger partial charge in [0.15, 0.2) is 17.6 Å². The number of para-hydroxylation sites is 2. The van der Waals surface area contributed by atoms with Crippen molar-refractivity contribution in [3.8, 4) is 0 Å². The molecular weight excluding hydrogens is 316 g/mol. The van der Waals surface area contributed by atoms with Crippen molar-refractivity contribution in [2.75, 3.05) is 6.54 Å². The number of rotatable bonds is 5. The number of nitrogens with zero attached hydrogens (tertiary/aromatic N) is 1. The molecule has 118 valence electrons. The van der Waals surface area contributed by atoms with Gasteiger partial charge in [-0.3, -0.25) is 4.79 Å². The number of nitrogens with one attached hydrogen (secondary N) is 1. The molecule has 1 atom stereocenters. The van der Waals surface area contributed by atoms with Gasteiger partial charge in [-0.2, -0.15) is 0 Å². The van der Waals surface area contributed by atoms with E-state index in [4.69, 9.17) is 16.0 Å². The number of aliphatic hydroxyl groups is 1. The summed E-state index contributed by atoms with van der Waals surface area (Å²) in [6.45, 7) is 0.330. The van der Waals surface area contributed by atoms with Gasteiger partial charge in [-0.15, -0.1) is 0 Å². The lowest BCUT2D eigenvalue weighted by Gasteiger charge is -2.11.